The minimum atomic E-state index is 0.569. The zero-order valence-electron chi connectivity index (χ0n) is 12.7. The van der Waals surface area contributed by atoms with E-state index in [0.29, 0.717) is 5.82 Å². The van der Waals surface area contributed by atoms with Gasteiger partial charge in [-0.15, -0.1) is 0 Å². The average Bonchev–Trinajstić information content (AvgIpc) is 2.34. The molecule has 108 valence electrons. The summed E-state index contributed by atoms with van der Waals surface area (Å²) in [6.45, 7) is 7.27. The smallest absolute Gasteiger partial charge is 0.134 e. The summed E-state index contributed by atoms with van der Waals surface area (Å²) in [6.07, 6.45) is 3.01. The number of anilines is 2. The lowest BCUT2D eigenvalue weighted by molar-refractivity contribution is 0.412. The van der Waals surface area contributed by atoms with E-state index < -0.39 is 0 Å². The molecule has 1 aromatic heterocycles. The quantitative estimate of drug-likeness (QED) is 0.776. The van der Waals surface area contributed by atoms with Gasteiger partial charge in [0.15, 0.2) is 0 Å². The monoisotopic (exact) mass is 265 g/mol. The van der Waals surface area contributed by atoms with Gasteiger partial charge < -0.3 is 15.5 Å². The molecule has 0 saturated carbocycles. The Bertz CT molecular complexity index is 378. The van der Waals surface area contributed by atoms with Gasteiger partial charge in [-0.1, -0.05) is 13.8 Å². The molecule has 2 N–H and O–H groups in total. The molecule has 1 heterocycles. The molecule has 0 aromatic carbocycles. The van der Waals surface area contributed by atoms with Crippen LogP contribution >= 0.6 is 0 Å². The average molecular weight is 265 g/mol. The summed E-state index contributed by atoms with van der Waals surface area (Å²) in [5.41, 5.74) is 5.89. The Morgan fingerprint density at radius 2 is 1.79 bits per heavy atom. The van der Waals surface area contributed by atoms with Gasteiger partial charge in [0.05, 0.1) is 0 Å². The van der Waals surface area contributed by atoms with E-state index in [0.717, 1.165) is 50.5 Å². The lowest BCUT2D eigenvalue weighted by atomic mass is 10.3. The minimum absolute atomic E-state index is 0.569. The Labute approximate surface area is 116 Å². The highest BCUT2D eigenvalue weighted by atomic mass is 15.2. The summed E-state index contributed by atoms with van der Waals surface area (Å²) in [5.74, 6) is 2.38. The normalized spacial score (nSPS) is 11.0. The topological polar surface area (TPSA) is 58.3 Å². The van der Waals surface area contributed by atoms with Crippen molar-refractivity contribution in [1.82, 2.24) is 14.9 Å². The molecule has 1 rings (SSSR count). The molecule has 1 aromatic rings. The largest absolute Gasteiger partial charge is 0.384 e. The Morgan fingerprint density at radius 1 is 1.05 bits per heavy atom. The van der Waals surface area contributed by atoms with E-state index in [1.807, 2.05) is 6.07 Å². The van der Waals surface area contributed by atoms with Crippen molar-refractivity contribution in [2.45, 2.75) is 33.1 Å². The van der Waals surface area contributed by atoms with Crippen molar-refractivity contribution in [2.75, 3.05) is 44.4 Å². The van der Waals surface area contributed by atoms with Crippen LogP contribution in [0.25, 0.3) is 0 Å². The SMILES string of the molecule is CCCc1nc(N)cc(N(CCC)CCN(C)C)n1. The first kappa shape index (κ1) is 15.7. The van der Waals surface area contributed by atoms with E-state index in [1.54, 1.807) is 0 Å². The van der Waals surface area contributed by atoms with Gasteiger partial charge in [-0.3, -0.25) is 0 Å². The van der Waals surface area contributed by atoms with E-state index in [4.69, 9.17) is 5.73 Å². The molecule has 5 heteroatoms. The number of hydrogen-bond donors (Lipinski definition) is 1. The van der Waals surface area contributed by atoms with Crippen LogP contribution in [-0.4, -0.2) is 48.6 Å². The maximum Gasteiger partial charge on any atom is 0.134 e. The van der Waals surface area contributed by atoms with E-state index in [1.165, 1.54) is 0 Å². The molecule has 19 heavy (non-hydrogen) atoms. The Kier molecular flexibility index (Phi) is 6.56. The molecule has 0 aliphatic heterocycles. The van der Waals surface area contributed by atoms with Crippen molar-refractivity contribution < 1.29 is 0 Å². The van der Waals surface area contributed by atoms with Crippen molar-refractivity contribution in [3.05, 3.63) is 11.9 Å². The van der Waals surface area contributed by atoms with Crippen LogP contribution in [0.1, 0.15) is 32.5 Å². The van der Waals surface area contributed by atoms with Crippen LogP contribution < -0.4 is 10.6 Å². The van der Waals surface area contributed by atoms with Gasteiger partial charge in [-0.2, -0.15) is 0 Å². The molecule has 5 nitrogen and oxygen atoms in total. The molecular formula is C14H27N5. The van der Waals surface area contributed by atoms with Gasteiger partial charge >= 0.3 is 0 Å². The van der Waals surface area contributed by atoms with Crippen molar-refractivity contribution in [2.24, 2.45) is 0 Å². The fourth-order valence-corrected chi connectivity index (χ4v) is 1.93. The van der Waals surface area contributed by atoms with E-state index in [-0.39, 0.29) is 0 Å². The van der Waals surface area contributed by atoms with Crippen LogP contribution in [0, 0.1) is 0 Å². The predicted octanol–water partition coefficient (Wildman–Crippen LogP) is 1.79. The highest BCUT2D eigenvalue weighted by molar-refractivity contribution is 5.47. The molecule has 0 unspecified atom stereocenters. The van der Waals surface area contributed by atoms with E-state index in [2.05, 4.69) is 47.7 Å². The van der Waals surface area contributed by atoms with Crippen molar-refractivity contribution in [3.63, 3.8) is 0 Å². The van der Waals surface area contributed by atoms with Crippen LogP contribution in [0.5, 0.6) is 0 Å². The summed E-state index contributed by atoms with van der Waals surface area (Å²) in [4.78, 5) is 13.4. The standard InChI is InChI=1S/C14H27N5/c1-5-7-13-16-12(15)11-14(17-13)19(8-6-2)10-9-18(3)4/h11H,5-10H2,1-4H3,(H2,15,16,17). The first-order chi connectivity index (χ1) is 9.06. The van der Waals surface area contributed by atoms with Crippen LogP contribution in [0.4, 0.5) is 11.6 Å². The minimum Gasteiger partial charge on any atom is -0.384 e. The highest BCUT2D eigenvalue weighted by Gasteiger charge is 2.10. The van der Waals surface area contributed by atoms with Crippen LogP contribution in [0.15, 0.2) is 6.07 Å². The molecule has 0 amide bonds. The van der Waals surface area contributed by atoms with E-state index >= 15 is 0 Å². The highest BCUT2D eigenvalue weighted by Crippen LogP contribution is 2.15. The van der Waals surface area contributed by atoms with Gasteiger partial charge in [0.1, 0.15) is 17.5 Å². The summed E-state index contributed by atoms with van der Waals surface area (Å²) >= 11 is 0. The summed E-state index contributed by atoms with van der Waals surface area (Å²) < 4.78 is 0. The van der Waals surface area contributed by atoms with Crippen molar-refractivity contribution in [3.8, 4) is 0 Å². The fourth-order valence-electron chi connectivity index (χ4n) is 1.93. The number of aromatic nitrogens is 2. The molecule has 0 aliphatic rings. The van der Waals surface area contributed by atoms with Crippen molar-refractivity contribution >= 4 is 11.6 Å². The Balaban J connectivity index is 2.87. The van der Waals surface area contributed by atoms with Gasteiger partial charge in [0.25, 0.3) is 0 Å². The summed E-state index contributed by atoms with van der Waals surface area (Å²) in [7, 11) is 4.17. The van der Waals surface area contributed by atoms with Crippen LogP contribution in [0.2, 0.25) is 0 Å². The molecule has 0 aliphatic carbocycles. The maximum absolute atomic E-state index is 5.89. The fraction of sp³-hybridized carbons (Fsp3) is 0.714. The number of nitrogen functional groups attached to an aromatic ring is 1. The number of nitrogens with two attached hydrogens (primary N) is 1. The molecule has 0 bridgehead atoms. The van der Waals surface area contributed by atoms with Crippen molar-refractivity contribution in [1.29, 1.82) is 0 Å². The molecule has 0 fully saturated rings. The second-order valence-electron chi connectivity index (χ2n) is 5.11. The molecular weight excluding hydrogens is 238 g/mol. The third-order valence-corrected chi connectivity index (χ3v) is 2.89. The van der Waals surface area contributed by atoms with Crippen LogP contribution in [0.3, 0.4) is 0 Å². The molecule has 0 saturated heterocycles. The Hall–Kier alpha value is -1.36. The number of rotatable bonds is 8. The van der Waals surface area contributed by atoms with Gasteiger partial charge in [0, 0.05) is 32.1 Å². The maximum atomic E-state index is 5.89. The van der Waals surface area contributed by atoms with Gasteiger partial charge in [-0.25, -0.2) is 9.97 Å². The number of hydrogen-bond acceptors (Lipinski definition) is 5. The third-order valence-electron chi connectivity index (χ3n) is 2.89. The second kappa shape index (κ2) is 7.94. The first-order valence-electron chi connectivity index (χ1n) is 7.09. The summed E-state index contributed by atoms with van der Waals surface area (Å²) in [5, 5.41) is 0. The zero-order chi connectivity index (χ0) is 14.3. The Morgan fingerprint density at radius 3 is 2.37 bits per heavy atom. The lowest BCUT2D eigenvalue weighted by Crippen LogP contribution is -2.33. The second-order valence-corrected chi connectivity index (χ2v) is 5.11. The third kappa shape index (κ3) is 5.42. The number of aryl methyl sites for hydroxylation is 1. The van der Waals surface area contributed by atoms with E-state index in [9.17, 15) is 0 Å². The summed E-state index contributed by atoms with van der Waals surface area (Å²) in [6, 6.07) is 1.88. The van der Waals surface area contributed by atoms with Crippen LogP contribution in [-0.2, 0) is 6.42 Å². The first-order valence-corrected chi connectivity index (χ1v) is 7.09. The molecule has 0 atom stereocenters. The van der Waals surface area contributed by atoms with Gasteiger partial charge in [0.2, 0.25) is 0 Å². The molecule has 0 radical (unpaired) electrons. The number of likely N-dealkylation sites (N-methyl/N-ethyl adjacent to an activating group) is 1. The molecule has 0 spiro atoms. The predicted molar refractivity (Wildman–Crippen MR) is 81.5 cm³/mol. The lowest BCUT2D eigenvalue weighted by Gasteiger charge is -2.25. The number of nitrogens with zero attached hydrogens (tertiary/aromatic N) is 4. The van der Waals surface area contributed by atoms with Gasteiger partial charge in [-0.05, 0) is 26.9 Å². The zero-order valence-corrected chi connectivity index (χ0v) is 12.7.